The van der Waals surface area contributed by atoms with Crippen molar-refractivity contribution in [1.82, 2.24) is 19.9 Å². The van der Waals surface area contributed by atoms with E-state index in [-0.39, 0.29) is 29.7 Å². The Kier molecular flexibility index (Phi) is 5.69. The van der Waals surface area contributed by atoms with E-state index in [0.29, 0.717) is 35.9 Å². The summed E-state index contributed by atoms with van der Waals surface area (Å²) in [6.07, 6.45) is 5.39. The first kappa shape index (κ1) is 23.9. The summed E-state index contributed by atoms with van der Waals surface area (Å²) in [5.41, 5.74) is 1.89. The number of fused-ring (bicyclic) bond motifs is 3. The smallest absolute Gasteiger partial charge is 0.410 e. The number of pyridine rings is 1. The van der Waals surface area contributed by atoms with E-state index >= 15 is 4.39 Å². The molecular formula is C28H32FN5O3. The average Bonchev–Trinajstić information content (AvgIpc) is 3.67. The summed E-state index contributed by atoms with van der Waals surface area (Å²) in [5.74, 6) is 0.569. The number of piperazine rings is 1. The molecule has 2 bridgehead atoms. The number of ether oxygens (including phenoxy) is 2. The van der Waals surface area contributed by atoms with Crippen LogP contribution in [0.2, 0.25) is 0 Å². The number of aromatic nitrogens is 3. The van der Waals surface area contributed by atoms with E-state index in [2.05, 4.69) is 25.9 Å². The quantitative estimate of drug-likeness (QED) is 0.476. The number of methoxy groups -OCH3 is 1. The van der Waals surface area contributed by atoms with Gasteiger partial charge in [0.2, 0.25) is 0 Å². The first-order chi connectivity index (χ1) is 17.7. The summed E-state index contributed by atoms with van der Waals surface area (Å²) in [7, 11) is 1.48. The van der Waals surface area contributed by atoms with Gasteiger partial charge in [-0.1, -0.05) is 24.3 Å². The van der Waals surface area contributed by atoms with Gasteiger partial charge < -0.3 is 14.4 Å². The van der Waals surface area contributed by atoms with Crippen molar-refractivity contribution in [3.8, 4) is 17.3 Å². The number of nitrogens with zero attached hydrogens (tertiary/aromatic N) is 5. The monoisotopic (exact) mass is 505 g/mol. The topological polar surface area (TPSA) is 80.7 Å². The lowest BCUT2D eigenvalue weighted by Gasteiger charge is -2.42. The highest BCUT2D eigenvalue weighted by Gasteiger charge is 2.45. The molecule has 3 aromatic rings. The number of benzene rings is 1. The standard InChI is InChI=1S/C28H32FN5O3/c1-28(2,3)37-27(35)34-17-11-12-18(34)15-33(14-17)25-21-13-30-23(22(29)24(21)31-26(32-25)36-4)20-8-6-5-7-19(20)16-9-10-16/h5-8,13,16-18H,9-12,14-15H2,1-4H3. The number of rotatable bonds is 4. The van der Waals surface area contributed by atoms with Crippen molar-refractivity contribution >= 4 is 22.8 Å². The second-order valence-corrected chi connectivity index (χ2v) is 11.3. The summed E-state index contributed by atoms with van der Waals surface area (Å²) in [6.45, 7) is 6.77. The van der Waals surface area contributed by atoms with Crippen molar-refractivity contribution in [2.24, 2.45) is 0 Å². The highest BCUT2D eigenvalue weighted by molar-refractivity contribution is 5.92. The molecule has 37 heavy (non-hydrogen) atoms. The van der Waals surface area contributed by atoms with Crippen LogP contribution in [-0.4, -0.2) is 63.8 Å². The molecule has 3 fully saturated rings. The van der Waals surface area contributed by atoms with Gasteiger partial charge in [-0.25, -0.2) is 9.18 Å². The lowest BCUT2D eigenvalue weighted by Crippen LogP contribution is -2.57. The van der Waals surface area contributed by atoms with E-state index in [9.17, 15) is 4.79 Å². The number of amides is 1. The van der Waals surface area contributed by atoms with Gasteiger partial charge in [-0.2, -0.15) is 9.97 Å². The molecule has 0 radical (unpaired) electrons. The zero-order valence-electron chi connectivity index (χ0n) is 21.7. The third-order valence-corrected chi connectivity index (χ3v) is 7.45. The van der Waals surface area contributed by atoms with Crippen molar-refractivity contribution in [1.29, 1.82) is 0 Å². The van der Waals surface area contributed by atoms with Crippen molar-refractivity contribution in [3.63, 3.8) is 0 Å². The van der Waals surface area contributed by atoms with Crippen molar-refractivity contribution in [2.45, 2.75) is 70.1 Å². The maximum Gasteiger partial charge on any atom is 0.410 e. The molecule has 3 aliphatic rings. The molecule has 1 aromatic carbocycles. The van der Waals surface area contributed by atoms with E-state index in [1.165, 1.54) is 7.11 Å². The van der Waals surface area contributed by atoms with Crippen LogP contribution in [0.4, 0.5) is 15.0 Å². The maximum absolute atomic E-state index is 16.1. The Morgan fingerprint density at radius 2 is 1.76 bits per heavy atom. The molecule has 9 heteroatoms. The Balaban J connectivity index is 1.37. The summed E-state index contributed by atoms with van der Waals surface area (Å²) in [5, 5.41) is 0.538. The third-order valence-electron chi connectivity index (χ3n) is 7.45. The van der Waals surface area contributed by atoms with E-state index in [4.69, 9.17) is 9.47 Å². The Labute approximate surface area is 215 Å². The Hall–Kier alpha value is -3.49. The molecule has 2 atom stereocenters. The van der Waals surface area contributed by atoms with Gasteiger partial charge in [0.25, 0.3) is 0 Å². The van der Waals surface area contributed by atoms with Crippen LogP contribution in [0.15, 0.2) is 30.5 Å². The summed E-state index contributed by atoms with van der Waals surface area (Å²) >= 11 is 0. The van der Waals surface area contributed by atoms with Crippen LogP contribution in [0.1, 0.15) is 57.9 Å². The van der Waals surface area contributed by atoms with Crippen LogP contribution in [0.3, 0.4) is 0 Å². The molecule has 0 spiro atoms. The molecule has 1 saturated carbocycles. The zero-order valence-corrected chi connectivity index (χ0v) is 21.7. The molecule has 2 aromatic heterocycles. The molecule has 2 unspecified atom stereocenters. The predicted molar refractivity (Wildman–Crippen MR) is 138 cm³/mol. The molecule has 1 aliphatic carbocycles. The fraction of sp³-hybridized carbons (Fsp3) is 0.500. The normalized spacial score (nSPS) is 21.4. The minimum atomic E-state index is -0.553. The Morgan fingerprint density at radius 1 is 1.05 bits per heavy atom. The fourth-order valence-corrected chi connectivity index (χ4v) is 5.69. The minimum Gasteiger partial charge on any atom is -0.467 e. The minimum absolute atomic E-state index is 0.00731. The van der Waals surface area contributed by atoms with Gasteiger partial charge in [0.05, 0.1) is 24.6 Å². The highest BCUT2D eigenvalue weighted by atomic mass is 19.1. The van der Waals surface area contributed by atoms with Gasteiger partial charge in [-0.05, 0) is 57.9 Å². The molecule has 194 valence electrons. The summed E-state index contributed by atoms with van der Waals surface area (Å²) < 4.78 is 27.1. The molecule has 2 saturated heterocycles. The first-order valence-electron chi connectivity index (χ1n) is 13.0. The Bertz CT molecular complexity index is 1360. The molecule has 2 aliphatic heterocycles. The van der Waals surface area contributed by atoms with Gasteiger partial charge in [0, 0.05) is 24.8 Å². The molecular weight excluding hydrogens is 473 g/mol. The lowest BCUT2D eigenvalue weighted by molar-refractivity contribution is 0.0123. The van der Waals surface area contributed by atoms with Crippen LogP contribution >= 0.6 is 0 Å². The maximum atomic E-state index is 16.1. The van der Waals surface area contributed by atoms with Crippen molar-refractivity contribution in [2.75, 3.05) is 25.1 Å². The van der Waals surface area contributed by atoms with E-state index in [1.807, 2.05) is 43.9 Å². The van der Waals surface area contributed by atoms with Gasteiger partial charge in [-0.15, -0.1) is 0 Å². The third kappa shape index (κ3) is 4.34. The molecule has 0 N–H and O–H groups in total. The van der Waals surface area contributed by atoms with Gasteiger partial charge in [0.1, 0.15) is 22.6 Å². The SMILES string of the molecule is COc1nc(N2CC3CCC(C2)N3C(=O)OC(C)(C)C)c2cnc(-c3ccccc3C3CC3)c(F)c2n1. The van der Waals surface area contributed by atoms with Gasteiger partial charge in [-0.3, -0.25) is 9.88 Å². The molecule has 4 heterocycles. The number of hydrogen-bond donors (Lipinski definition) is 0. The van der Waals surface area contributed by atoms with Crippen LogP contribution in [-0.2, 0) is 4.74 Å². The average molecular weight is 506 g/mol. The van der Waals surface area contributed by atoms with E-state index in [0.717, 1.165) is 36.8 Å². The molecule has 6 rings (SSSR count). The summed E-state index contributed by atoms with van der Waals surface area (Å²) in [4.78, 5) is 30.5. The Morgan fingerprint density at radius 3 is 2.41 bits per heavy atom. The van der Waals surface area contributed by atoms with E-state index in [1.54, 1.807) is 6.20 Å². The fourth-order valence-electron chi connectivity index (χ4n) is 5.69. The van der Waals surface area contributed by atoms with Crippen LogP contribution < -0.4 is 9.64 Å². The largest absolute Gasteiger partial charge is 0.467 e. The summed E-state index contributed by atoms with van der Waals surface area (Å²) in [6, 6.07) is 7.99. The van der Waals surface area contributed by atoms with Crippen molar-refractivity contribution in [3.05, 3.63) is 41.8 Å². The lowest BCUT2D eigenvalue weighted by atomic mass is 9.99. The highest BCUT2D eigenvalue weighted by Crippen LogP contribution is 2.45. The molecule has 1 amide bonds. The zero-order chi connectivity index (χ0) is 25.9. The van der Waals surface area contributed by atoms with Crippen LogP contribution in [0, 0.1) is 5.82 Å². The second kappa shape index (κ2) is 8.82. The van der Waals surface area contributed by atoms with Crippen molar-refractivity contribution < 1.29 is 18.7 Å². The molecule has 8 nitrogen and oxygen atoms in total. The second-order valence-electron chi connectivity index (χ2n) is 11.3. The number of carbonyl (C=O) groups is 1. The number of anilines is 1. The van der Waals surface area contributed by atoms with Crippen LogP contribution in [0.25, 0.3) is 22.2 Å². The van der Waals surface area contributed by atoms with Crippen LogP contribution in [0.5, 0.6) is 6.01 Å². The number of hydrogen-bond acceptors (Lipinski definition) is 7. The van der Waals surface area contributed by atoms with E-state index < -0.39 is 11.4 Å². The van der Waals surface area contributed by atoms with Gasteiger partial charge in [0.15, 0.2) is 5.82 Å². The number of carbonyl (C=O) groups excluding carboxylic acids is 1. The predicted octanol–water partition coefficient (Wildman–Crippen LogP) is 5.31. The first-order valence-corrected chi connectivity index (χ1v) is 13.0. The van der Waals surface area contributed by atoms with Gasteiger partial charge >= 0.3 is 12.1 Å². The number of halogens is 1.